The molecule has 0 unspecified atom stereocenters. The number of nitrogens with zero attached hydrogens (tertiary/aromatic N) is 2. The number of hydrogen-bond donors (Lipinski definition) is 2. The van der Waals surface area contributed by atoms with E-state index in [2.05, 4.69) is 15.3 Å². The minimum absolute atomic E-state index is 0.282. The third-order valence-electron chi connectivity index (χ3n) is 3.53. The quantitative estimate of drug-likeness (QED) is 0.717. The van der Waals surface area contributed by atoms with E-state index in [-0.39, 0.29) is 4.88 Å². The highest BCUT2D eigenvalue weighted by Crippen LogP contribution is 2.35. The summed E-state index contributed by atoms with van der Waals surface area (Å²) in [4.78, 5) is 21.1. The molecule has 5 nitrogen and oxygen atoms in total. The SMILES string of the molecule is Cc1nc(Nc2ccc(C)c(Cl)c2)c2c(C)c(C(=O)O)sc2n1. The third-order valence-corrected chi connectivity index (χ3v) is 5.11. The van der Waals surface area contributed by atoms with E-state index in [1.54, 1.807) is 13.8 Å². The van der Waals surface area contributed by atoms with Crippen molar-refractivity contribution in [1.82, 2.24) is 9.97 Å². The molecule has 0 aliphatic heterocycles. The average Bonchev–Trinajstić information content (AvgIpc) is 2.80. The van der Waals surface area contributed by atoms with Crippen molar-refractivity contribution in [2.45, 2.75) is 20.8 Å². The van der Waals surface area contributed by atoms with Gasteiger partial charge in [0.2, 0.25) is 0 Å². The monoisotopic (exact) mass is 347 g/mol. The van der Waals surface area contributed by atoms with Crippen molar-refractivity contribution in [2.24, 2.45) is 0 Å². The third kappa shape index (κ3) is 2.87. The highest BCUT2D eigenvalue weighted by atomic mass is 35.5. The van der Waals surface area contributed by atoms with E-state index in [0.29, 0.717) is 27.1 Å². The number of rotatable bonds is 3. The van der Waals surface area contributed by atoms with Crippen LogP contribution in [0.4, 0.5) is 11.5 Å². The molecule has 0 fully saturated rings. The van der Waals surface area contributed by atoms with Gasteiger partial charge in [-0.1, -0.05) is 17.7 Å². The van der Waals surface area contributed by atoms with Crippen LogP contribution in [0.3, 0.4) is 0 Å². The van der Waals surface area contributed by atoms with Crippen molar-refractivity contribution in [3.63, 3.8) is 0 Å². The molecule has 0 saturated heterocycles. The van der Waals surface area contributed by atoms with Gasteiger partial charge in [-0.2, -0.15) is 0 Å². The van der Waals surface area contributed by atoms with E-state index in [4.69, 9.17) is 11.6 Å². The van der Waals surface area contributed by atoms with Crippen LogP contribution in [-0.2, 0) is 0 Å². The topological polar surface area (TPSA) is 75.1 Å². The molecular formula is C16H14ClN3O2S. The first-order chi connectivity index (χ1) is 10.9. The Labute approximate surface area is 142 Å². The van der Waals surface area contributed by atoms with Crippen molar-refractivity contribution in [3.8, 4) is 0 Å². The van der Waals surface area contributed by atoms with Crippen molar-refractivity contribution in [1.29, 1.82) is 0 Å². The fourth-order valence-electron chi connectivity index (χ4n) is 2.35. The van der Waals surface area contributed by atoms with Crippen LogP contribution in [0, 0.1) is 20.8 Å². The summed E-state index contributed by atoms with van der Waals surface area (Å²) in [5, 5.41) is 13.9. The minimum Gasteiger partial charge on any atom is -0.477 e. The maximum Gasteiger partial charge on any atom is 0.346 e. The van der Waals surface area contributed by atoms with Crippen molar-refractivity contribution in [3.05, 3.63) is 45.1 Å². The summed E-state index contributed by atoms with van der Waals surface area (Å²) in [7, 11) is 0. The molecule has 0 radical (unpaired) electrons. The molecule has 0 atom stereocenters. The first-order valence-electron chi connectivity index (χ1n) is 6.91. The Morgan fingerprint density at radius 2 is 2.00 bits per heavy atom. The van der Waals surface area contributed by atoms with Crippen molar-refractivity contribution in [2.75, 3.05) is 5.32 Å². The van der Waals surface area contributed by atoms with E-state index < -0.39 is 5.97 Å². The first-order valence-corrected chi connectivity index (χ1v) is 8.10. The van der Waals surface area contributed by atoms with Crippen molar-refractivity contribution < 1.29 is 9.90 Å². The molecule has 7 heteroatoms. The maximum atomic E-state index is 11.4. The lowest BCUT2D eigenvalue weighted by Gasteiger charge is -2.09. The van der Waals surface area contributed by atoms with Gasteiger partial charge in [-0.3, -0.25) is 0 Å². The van der Waals surface area contributed by atoms with Crippen LogP contribution in [0.5, 0.6) is 0 Å². The number of hydrogen-bond acceptors (Lipinski definition) is 5. The smallest absolute Gasteiger partial charge is 0.346 e. The van der Waals surface area contributed by atoms with Gasteiger partial charge in [0.05, 0.1) is 5.39 Å². The van der Waals surface area contributed by atoms with E-state index in [1.807, 2.05) is 25.1 Å². The van der Waals surface area contributed by atoms with Gasteiger partial charge in [0.1, 0.15) is 21.3 Å². The molecule has 0 aliphatic carbocycles. The number of anilines is 2. The standard InChI is InChI=1S/C16H14ClN3O2S/c1-7-4-5-10(6-11(7)17)20-14-12-8(2)13(16(21)22)23-15(12)19-9(3)18-14/h4-6H,1-3H3,(H,21,22)(H,18,19,20). The van der Waals surface area contributed by atoms with Gasteiger partial charge in [-0.25, -0.2) is 14.8 Å². The fraction of sp³-hybridized carbons (Fsp3) is 0.188. The molecule has 3 aromatic rings. The fourth-order valence-corrected chi connectivity index (χ4v) is 3.59. The Kier molecular flexibility index (Phi) is 3.95. The van der Waals surface area contributed by atoms with E-state index in [1.165, 1.54) is 0 Å². The lowest BCUT2D eigenvalue weighted by Crippen LogP contribution is -1.99. The normalized spacial score (nSPS) is 11.0. The van der Waals surface area contributed by atoms with Crippen LogP contribution in [0.1, 0.15) is 26.6 Å². The van der Waals surface area contributed by atoms with Crippen LogP contribution >= 0.6 is 22.9 Å². The summed E-state index contributed by atoms with van der Waals surface area (Å²) < 4.78 is 0. The summed E-state index contributed by atoms with van der Waals surface area (Å²) in [5.41, 5.74) is 2.45. The van der Waals surface area contributed by atoms with Crippen LogP contribution in [0.25, 0.3) is 10.2 Å². The lowest BCUT2D eigenvalue weighted by molar-refractivity contribution is 0.0701. The van der Waals surface area contributed by atoms with E-state index in [9.17, 15) is 9.90 Å². The number of fused-ring (bicyclic) bond motifs is 1. The molecule has 1 aromatic carbocycles. The summed E-state index contributed by atoms with van der Waals surface area (Å²) in [6, 6.07) is 5.64. The van der Waals surface area contributed by atoms with Crippen LogP contribution in [0.2, 0.25) is 5.02 Å². The van der Waals surface area contributed by atoms with Gasteiger partial charge in [0.15, 0.2) is 0 Å². The molecule has 2 aromatic heterocycles. The number of aryl methyl sites for hydroxylation is 3. The summed E-state index contributed by atoms with van der Waals surface area (Å²) in [5.74, 6) is 0.220. The number of benzene rings is 1. The minimum atomic E-state index is -0.951. The Bertz CT molecular complexity index is 937. The number of carboxylic acid groups (broad SMARTS) is 1. The van der Waals surface area contributed by atoms with Gasteiger partial charge in [-0.15, -0.1) is 11.3 Å². The van der Waals surface area contributed by atoms with E-state index >= 15 is 0 Å². The van der Waals surface area contributed by atoms with Gasteiger partial charge >= 0.3 is 5.97 Å². The van der Waals surface area contributed by atoms with Gasteiger partial charge < -0.3 is 10.4 Å². The Balaban J connectivity index is 2.16. The number of carboxylic acids is 1. The largest absolute Gasteiger partial charge is 0.477 e. The molecule has 2 N–H and O–H groups in total. The number of nitrogens with one attached hydrogen (secondary N) is 1. The molecule has 0 amide bonds. The zero-order valence-corrected chi connectivity index (χ0v) is 14.3. The highest BCUT2D eigenvalue weighted by Gasteiger charge is 2.19. The van der Waals surface area contributed by atoms with Crippen LogP contribution in [0.15, 0.2) is 18.2 Å². The zero-order chi connectivity index (χ0) is 16.7. The maximum absolute atomic E-state index is 11.4. The predicted octanol–water partition coefficient (Wildman–Crippen LogP) is 4.71. The Hall–Kier alpha value is -2.18. The summed E-state index contributed by atoms with van der Waals surface area (Å²) in [6.45, 7) is 5.48. The predicted molar refractivity (Wildman–Crippen MR) is 93.3 cm³/mol. The molecule has 0 bridgehead atoms. The van der Waals surface area contributed by atoms with Crippen LogP contribution in [-0.4, -0.2) is 21.0 Å². The number of halogens is 1. The Morgan fingerprint density at radius 1 is 1.26 bits per heavy atom. The summed E-state index contributed by atoms with van der Waals surface area (Å²) >= 11 is 7.32. The molecule has 23 heavy (non-hydrogen) atoms. The molecule has 118 valence electrons. The summed E-state index contributed by atoms with van der Waals surface area (Å²) in [6.07, 6.45) is 0. The van der Waals surface area contributed by atoms with Crippen LogP contribution < -0.4 is 5.32 Å². The molecule has 0 saturated carbocycles. The molecule has 0 aliphatic rings. The second-order valence-corrected chi connectivity index (χ2v) is 6.66. The number of aromatic nitrogens is 2. The molecular weight excluding hydrogens is 334 g/mol. The Morgan fingerprint density at radius 3 is 2.65 bits per heavy atom. The van der Waals surface area contributed by atoms with E-state index in [0.717, 1.165) is 28.0 Å². The highest BCUT2D eigenvalue weighted by molar-refractivity contribution is 7.20. The molecule has 0 spiro atoms. The van der Waals surface area contributed by atoms with Gasteiger partial charge in [0, 0.05) is 10.7 Å². The zero-order valence-electron chi connectivity index (χ0n) is 12.8. The number of carbonyl (C=O) groups is 1. The first kappa shape index (κ1) is 15.7. The number of aromatic carboxylic acids is 1. The van der Waals surface area contributed by atoms with Gasteiger partial charge in [0.25, 0.3) is 0 Å². The second kappa shape index (κ2) is 5.79. The van der Waals surface area contributed by atoms with Gasteiger partial charge in [-0.05, 0) is 44.0 Å². The number of thiophene rings is 1. The molecule has 3 rings (SSSR count). The average molecular weight is 348 g/mol. The molecule has 2 heterocycles. The lowest BCUT2D eigenvalue weighted by atomic mass is 10.2. The van der Waals surface area contributed by atoms with Crippen molar-refractivity contribution >= 4 is 50.6 Å². The second-order valence-electron chi connectivity index (χ2n) is 5.25.